The number of rotatable bonds is 0. The molecule has 1 N–H and O–H groups in total. The number of nitrogens with one attached hydrogen (secondary N) is 1. The molecule has 0 bridgehead atoms. The summed E-state index contributed by atoms with van der Waals surface area (Å²) in [7, 11) is 0. The Hall–Kier alpha value is -0.200. The molecular formula is C26H36INO2. The second kappa shape index (κ2) is 6.90. The molecule has 0 aromatic rings. The van der Waals surface area contributed by atoms with Gasteiger partial charge in [-0.1, -0.05) is 47.6 Å². The van der Waals surface area contributed by atoms with E-state index in [1.54, 1.807) is 11.1 Å². The van der Waals surface area contributed by atoms with Gasteiger partial charge in [0.05, 0.1) is 10.0 Å². The molecular weight excluding hydrogens is 485 g/mol. The van der Waals surface area contributed by atoms with E-state index in [-0.39, 0.29) is 11.0 Å². The van der Waals surface area contributed by atoms with Crippen molar-refractivity contribution in [2.75, 3.05) is 6.54 Å². The average Bonchev–Trinajstić information content (AvgIpc) is 3.23. The fraction of sp³-hybridized carbons (Fsp3) is 0.808. The quantitative estimate of drug-likeness (QED) is 0.265. The van der Waals surface area contributed by atoms with Crippen LogP contribution in [0.4, 0.5) is 0 Å². The number of hydrogen-bond acceptors (Lipinski definition) is 3. The number of allylic oxidation sites excluding steroid dienone is 3. The minimum Gasteiger partial charge on any atom is -0.365 e. The van der Waals surface area contributed by atoms with Crippen LogP contribution in [0.3, 0.4) is 0 Å². The molecule has 164 valence electrons. The first-order valence-electron chi connectivity index (χ1n) is 12.3. The van der Waals surface area contributed by atoms with Crippen molar-refractivity contribution in [3.05, 3.63) is 22.8 Å². The third kappa shape index (κ3) is 2.65. The summed E-state index contributed by atoms with van der Waals surface area (Å²) in [5.74, 6) is 3.38. The van der Waals surface area contributed by atoms with Crippen LogP contribution in [0.1, 0.15) is 72.1 Å². The van der Waals surface area contributed by atoms with Crippen molar-refractivity contribution in [1.82, 2.24) is 5.32 Å². The van der Waals surface area contributed by atoms with Crippen LogP contribution in [0.5, 0.6) is 0 Å². The van der Waals surface area contributed by atoms with Crippen LogP contribution in [0.2, 0.25) is 0 Å². The first-order chi connectivity index (χ1) is 14.3. The van der Waals surface area contributed by atoms with Gasteiger partial charge in [0.2, 0.25) is 0 Å². The highest BCUT2D eigenvalue weighted by Gasteiger charge is 2.61. The number of halogens is 1. The summed E-state index contributed by atoms with van der Waals surface area (Å²) < 4.78 is 7.54. The van der Waals surface area contributed by atoms with E-state index in [9.17, 15) is 4.79 Å². The molecule has 0 aromatic carbocycles. The minimum absolute atomic E-state index is 0.0472. The Morgan fingerprint density at radius 2 is 2.07 bits per heavy atom. The summed E-state index contributed by atoms with van der Waals surface area (Å²) in [6, 6.07) is 0.508. The molecule has 3 nitrogen and oxygen atoms in total. The predicted molar refractivity (Wildman–Crippen MR) is 128 cm³/mol. The van der Waals surface area contributed by atoms with E-state index in [4.69, 9.17) is 4.74 Å². The summed E-state index contributed by atoms with van der Waals surface area (Å²) in [5.41, 5.74) is 5.02. The van der Waals surface area contributed by atoms with Gasteiger partial charge in [-0.15, -0.1) is 0 Å². The zero-order valence-corrected chi connectivity index (χ0v) is 20.8. The van der Waals surface area contributed by atoms with Gasteiger partial charge < -0.3 is 10.1 Å². The first kappa shape index (κ1) is 20.4. The molecule has 2 aliphatic heterocycles. The highest BCUT2D eigenvalue weighted by molar-refractivity contribution is 14.1. The highest BCUT2D eigenvalue weighted by atomic mass is 127. The summed E-state index contributed by atoms with van der Waals surface area (Å²) in [6.45, 7) is 8.39. The van der Waals surface area contributed by atoms with Crippen molar-refractivity contribution >= 4 is 28.4 Å². The Kier molecular flexibility index (Phi) is 4.69. The van der Waals surface area contributed by atoms with Gasteiger partial charge in [-0.05, 0) is 99.1 Å². The molecule has 2 unspecified atom stereocenters. The number of ketones is 1. The lowest BCUT2D eigenvalue weighted by molar-refractivity contribution is -0.116. The van der Waals surface area contributed by atoms with Gasteiger partial charge in [-0.3, -0.25) is 4.79 Å². The maximum absolute atomic E-state index is 12.1. The van der Waals surface area contributed by atoms with Crippen LogP contribution < -0.4 is 5.32 Å². The highest BCUT2D eigenvalue weighted by Crippen LogP contribution is 2.65. The van der Waals surface area contributed by atoms with Gasteiger partial charge >= 0.3 is 0 Å². The smallest absolute Gasteiger partial charge is 0.155 e. The molecule has 6 rings (SSSR count). The van der Waals surface area contributed by atoms with Crippen LogP contribution >= 0.6 is 22.6 Å². The molecule has 2 saturated carbocycles. The molecule has 6 aliphatic rings. The van der Waals surface area contributed by atoms with Crippen LogP contribution in [0.15, 0.2) is 22.8 Å². The average molecular weight is 521 g/mol. The second-order valence-corrected chi connectivity index (χ2v) is 12.9. The lowest BCUT2D eigenvalue weighted by Crippen LogP contribution is -2.51. The van der Waals surface area contributed by atoms with Crippen molar-refractivity contribution in [1.29, 1.82) is 0 Å². The lowest BCUT2D eigenvalue weighted by Gasteiger charge is -2.48. The van der Waals surface area contributed by atoms with E-state index in [1.165, 1.54) is 37.7 Å². The summed E-state index contributed by atoms with van der Waals surface area (Å²) in [5, 5.41) is 3.84. The summed E-state index contributed by atoms with van der Waals surface area (Å²) in [4.78, 5) is 12.1. The van der Waals surface area contributed by atoms with Crippen molar-refractivity contribution in [3.63, 3.8) is 0 Å². The molecule has 0 amide bonds. The topological polar surface area (TPSA) is 38.3 Å². The number of piperidine rings is 1. The fourth-order valence-corrected chi connectivity index (χ4v) is 10.2. The van der Waals surface area contributed by atoms with Gasteiger partial charge in [0.1, 0.15) is 5.60 Å². The molecule has 2 saturated heterocycles. The van der Waals surface area contributed by atoms with Crippen molar-refractivity contribution < 1.29 is 9.53 Å². The van der Waals surface area contributed by atoms with E-state index >= 15 is 0 Å². The standard InChI is InChI=1S/C26H36INO2/c1-14-10-22-23(28-13-14)24(27)26(30-22)9-7-18-19-5-4-16-11-17(29)6-8-25(16,3)21(19)12-20(18)15(26)2/h11,14,18-19,21-24,28H,4-10,12-13H2,1-3H3/t14-,18?,19-,21-,22?,23+,24+,25-,26-/m0/s1. The monoisotopic (exact) mass is 521 g/mol. The van der Waals surface area contributed by atoms with Gasteiger partial charge in [-0.2, -0.15) is 0 Å². The van der Waals surface area contributed by atoms with Gasteiger partial charge in [-0.25, -0.2) is 0 Å². The number of carbonyl (C=O) groups excluding carboxylic acids is 1. The third-order valence-corrected chi connectivity index (χ3v) is 12.0. The zero-order valence-electron chi connectivity index (χ0n) is 18.7. The molecule has 2 heterocycles. The van der Waals surface area contributed by atoms with Crippen LogP contribution in [-0.4, -0.2) is 34.0 Å². The number of hydrogen-bond donors (Lipinski definition) is 1. The Bertz CT molecular complexity index is 848. The maximum Gasteiger partial charge on any atom is 0.155 e. The number of alkyl halides is 1. The molecule has 9 atom stereocenters. The molecule has 4 fully saturated rings. The molecule has 0 radical (unpaired) electrons. The zero-order chi connectivity index (χ0) is 20.8. The Labute approximate surface area is 195 Å². The second-order valence-electron chi connectivity index (χ2n) is 11.6. The molecule has 1 spiro atoms. The van der Waals surface area contributed by atoms with E-state index in [0.717, 1.165) is 43.6 Å². The normalized spacial score (nSPS) is 52.6. The SMILES string of the molecule is CC1=C2C[C@H]3[C@@H](CCC4=CC(=O)CC[C@@]43C)C2CC[C@]12OC1C[C@H](C)CN[C@H]1[C@H]2I. The Balaban J connectivity index is 1.36. The maximum atomic E-state index is 12.1. The predicted octanol–water partition coefficient (Wildman–Crippen LogP) is 5.38. The minimum atomic E-state index is -0.0472. The third-order valence-electron chi connectivity index (χ3n) is 10.2. The van der Waals surface area contributed by atoms with Crippen LogP contribution in [-0.2, 0) is 9.53 Å². The molecule has 30 heavy (non-hydrogen) atoms. The molecule has 4 heteroatoms. The fourth-order valence-electron chi connectivity index (χ4n) is 8.53. The Morgan fingerprint density at radius 3 is 2.90 bits per heavy atom. The van der Waals surface area contributed by atoms with E-state index in [0.29, 0.717) is 27.8 Å². The number of ether oxygens (including phenoxy) is 1. The van der Waals surface area contributed by atoms with Crippen molar-refractivity contribution in [2.24, 2.45) is 29.1 Å². The van der Waals surface area contributed by atoms with E-state index in [1.807, 2.05) is 6.08 Å². The van der Waals surface area contributed by atoms with Gasteiger partial charge in [0, 0.05) is 12.5 Å². The van der Waals surface area contributed by atoms with Crippen molar-refractivity contribution in [2.45, 2.75) is 93.8 Å². The molecule has 4 aliphatic carbocycles. The summed E-state index contributed by atoms with van der Waals surface area (Å²) in [6.07, 6.45) is 11.6. The van der Waals surface area contributed by atoms with E-state index < -0.39 is 0 Å². The number of fused-ring (bicyclic) bond motifs is 6. The lowest BCUT2D eigenvalue weighted by atomic mass is 9.56. The summed E-state index contributed by atoms with van der Waals surface area (Å²) >= 11 is 2.72. The molecule has 0 aromatic heterocycles. The van der Waals surface area contributed by atoms with Crippen molar-refractivity contribution in [3.8, 4) is 0 Å². The largest absolute Gasteiger partial charge is 0.365 e. The Morgan fingerprint density at radius 1 is 1.23 bits per heavy atom. The van der Waals surface area contributed by atoms with Gasteiger partial charge in [0.25, 0.3) is 0 Å². The van der Waals surface area contributed by atoms with Crippen LogP contribution in [0, 0.1) is 29.1 Å². The van der Waals surface area contributed by atoms with Gasteiger partial charge in [0.15, 0.2) is 5.78 Å². The number of carbonyl (C=O) groups is 1. The first-order valence-corrected chi connectivity index (χ1v) is 13.6. The van der Waals surface area contributed by atoms with E-state index in [2.05, 4.69) is 48.7 Å². The van der Waals surface area contributed by atoms with Crippen LogP contribution in [0.25, 0.3) is 0 Å².